The predicted molar refractivity (Wildman–Crippen MR) is 61.3 cm³/mol. The van der Waals surface area contributed by atoms with Gasteiger partial charge in [-0.05, 0) is 19.5 Å². The molecule has 2 amide bonds. The number of β-amino-alcohol motifs (C(OH)–C–C–N with tert-alkyl or cyclic N) is 1. The minimum absolute atomic E-state index is 0.100. The predicted octanol–water partition coefficient (Wildman–Crippen LogP) is -0.189. The number of amides is 2. The number of likely N-dealkylation sites (N-methyl/N-ethyl adjacent to an activating group) is 1. The molecular formula is C11H21N3O2. The average molecular weight is 227 g/mol. The maximum absolute atomic E-state index is 12.0. The summed E-state index contributed by atoms with van der Waals surface area (Å²) in [6.07, 6.45) is 0.749. The van der Waals surface area contributed by atoms with Crippen molar-refractivity contribution in [2.24, 2.45) is 0 Å². The molecule has 2 rings (SSSR count). The van der Waals surface area contributed by atoms with E-state index in [1.165, 1.54) is 0 Å². The molecule has 92 valence electrons. The first kappa shape index (κ1) is 11.7. The smallest absolute Gasteiger partial charge is 0.320 e. The molecular weight excluding hydrogens is 206 g/mol. The van der Waals surface area contributed by atoms with Crippen LogP contribution < -0.4 is 0 Å². The second kappa shape index (κ2) is 5.01. The van der Waals surface area contributed by atoms with Crippen LogP contribution in [0, 0.1) is 0 Å². The number of hydrogen-bond donors (Lipinski definition) is 1. The van der Waals surface area contributed by atoms with E-state index in [0.717, 1.165) is 39.1 Å². The summed E-state index contributed by atoms with van der Waals surface area (Å²) in [5.74, 6) is 0. The fourth-order valence-electron chi connectivity index (χ4n) is 2.29. The first-order valence-corrected chi connectivity index (χ1v) is 6.15. The minimum Gasteiger partial charge on any atom is -0.389 e. The summed E-state index contributed by atoms with van der Waals surface area (Å²) in [5.41, 5.74) is 0. The quantitative estimate of drug-likeness (QED) is 0.675. The van der Waals surface area contributed by atoms with Crippen molar-refractivity contribution in [3.8, 4) is 0 Å². The van der Waals surface area contributed by atoms with E-state index in [1.807, 2.05) is 4.90 Å². The van der Waals surface area contributed by atoms with Crippen LogP contribution in [0.1, 0.15) is 13.3 Å². The van der Waals surface area contributed by atoms with E-state index in [9.17, 15) is 9.90 Å². The Hall–Kier alpha value is -0.810. The third-order valence-electron chi connectivity index (χ3n) is 3.44. The van der Waals surface area contributed by atoms with Crippen LogP contribution in [0.2, 0.25) is 0 Å². The van der Waals surface area contributed by atoms with Gasteiger partial charge in [-0.3, -0.25) is 0 Å². The number of aliphatic hydroxyl groups excluding tert-OH is 1. The van der Waals surface area contributed by atoms with Crippen LogP contribution in [-0.4, -0.2) is 77.8 Å². The molecule has 0 atom stereocenters. The second-order valence-electron chi connectivity index (χ2n) is 4.62. The van der Waals surface area contributed by atoms with Gasteiger partial charge in [-0.2, -0.15) is 0 Å². The molecule has 0 aromatic carbocycles. The van der Waals surface area contributed by atoms with Gasteiger partial charge in [0, 0.05) is 19.6 Å². The van der Waals surface area contributed by atoms with E-state index in [2.05, 4.69) is 11.8 Å². The first-order valence-electron chi connectivity index (χ1n) is 6.15. The summed E-state index contributed by atoms with van der Waals surface area (Å²) in [5, 5.41) is 9.18. The number of likely N-dealkylation sites (tertiary alicyclic amines) is 1. The topological polar surface area (TPSA) is 47.0 Å². The summed E-state index contributed by atoms with van der Waals surface area (Å²) in [6, 6.07) is 0.100. The van der Waals surface area contributed by atoms with Gasteiger partial charge in [-0.25, -0.2) is 4.79 Å². The number of aliphatic hydroxyl groups is 1. The third kappa shape index (κ3) is 2.47. The highest BCUT2D eigenvalue weighted by atomic mass is 16.3. The summed E-state index contributed by atoms with van der Waals surface area (Å²) in [6.45, 7) is 7.95. The molecule has 5 heteroatoms. The summed E-state index contributed by atoms with van der Waals surface area (Å²) >= 11 is 0. The van der Waals surface area contributed by atoms with Gasteiger partial charge in [0.25, 0.3) is 0 Å². The van der Waals surface area contributed by atoms with Crippen LogP contribution in [0.25, 0.3) is 0 Å². The zero-order valence-electron chi connectivity index (χ0n) is 9.93. The molecule has 0 radical (unpaired) electrons. The van der Waals surface area contributed by atoms with Crippen molar-refractivity contribution >= 4 is 6.03 Å². The molecule has 0 aromatic rings. The van der Waals surface area contributed by atoms with Crippen molar-refractivity contribution in [3.05, 3.63) is 0 Å². The van der Waals surface area contributed by atoms with Crippen LogP contribution in [0.3, 0.4) is 0 Å². The van der Waals surface area contributed by atoms with Gasteiger partial charge < -0.3 is 19.8 Å². The van der Waals surface area contributed by atoms with Gasteiger partial charge in [0.15, 0.2) is 0 Å². The molecule has 1 N–H and O–H groups in total. The van der Waals surface area contributed by atoms with E-state index < -0.39 is 0 Å². The fourth-order valence-corrected chi connectivity index (χ4v) is 2.29. The first-order chi connectivity index (χ1) is 7.70. The molecule has 2 saturated heterocycles. The van der Waals surface area contributed by atoms with Gasteiger partial charge in [0.1, 0.15) is 0 Å². The summed E-state index contributed by atoms with van der Waals surface area (Å²) < 4.78 is 0. The van der Waals surface area contributed by atoms with Gasteiger partial charge in [0.2, 0.25) is 0 Å². The Balaban J connectivity index is 1.82. The Morgan fingerprint density at radius 2 is 1.94 bits per heavy atom. The van der Waals surface area contributed by atoms with Crippen LogP contribution in [0.5, 0.6) is 0 Å². The lowest BCUT2D eigenvalue weighted by molar-refractivity contribution is 0.0153. The van der Waals surface area contributed by atoms with Gasteiger partial charge >= 0.3 is 6.03 Å². The molecule has 0 spiro atoms. The zero-order valence-corrected chi connectivity index (χ0v) is 9.93. The van der Waals surface area contributed by atoms with Crippen LogP contribution in [0.15, 0.2) is 0 Å². The van der Waals surface area contributed by atoms with Gasteiger partial charge in [0.05, 0.1) is 19.2 Å². The van der Waals surface area contributed by atoms with E-state index in [1.54, 1.807) is 4.90 Å². The van der Waals surface area contributed by atoms with Gasteiger partial charge in [-0.1, -0.05) is 6.92 Å². The lowest BCUT2D eigenvalue weighted by Crippen LogP contribution is -2.58. The van der Waals surface area contributed by atoms with Crippen molar-refractivity contribution in [1.82, 2.24) is 14.7 Å². The maximum atomic E-state index is 12.0. The van der Waals surface area contributed by atoms with Crippen molar-refractivity contribution in [1.29, 1.82) is 0 Å². The maximum Gasteiger partial charge on any atom is 0.320 e. The van der Waals surface area contributed by atoms with Gasteiger partial charge in [-0.15, -0.1) is 0 Å². The third-order valence-corrected chi connectivity index (χ3v) is 3.44. The molecule has 16 heavy (non-hydrogen) atoms. The molecule has 2 heterocycles. The molecule has 0 unspecified atom stereocenters. The molecule has 2 aliphatic rings. The number of rotatable bonds is 1. The van der Waals surface area contributed by atoms with E-state index in [-0.39, 0.29) is 12.1 Å². The van der Waals surface area contributed by atoms with Crippen molar-refractivity contribution in [2.75, 3.05) is 45.8 Å². The number of hydrogen-bond acceptors (Lipinski definition) is 3. The Labute approximate surface area is 96.6 Å². The van der Waals surface area contributed by atoms with Crippen molar-refractivity contribution in [2.45, 2.75) is 19.4 Å². The standard InChI is InChI=1S/C11H21N3O2/c1-2-12-4-3-5-13(7-6-12)11(16)14-8-10(15)9-14/h10,15H,2-9H2,1H3. The lowest BCUT2D eigenvalue weighted by Gasteiger charge is -2.39. The number of carbonyl (C=O) groups excluding carboxylic acids is 1. The summed E-state index contributed by atoms with van der Waals surface area (Å²) in [4.78, 5) is 18.0. The molecule has 2 aliphatic heterocycles. The monoisotopic (exact) mass is 227 g/mol. The number of nitrogens with zero attached hydrogens (tertiary/aromatic N) is 3. The Morgan fingerprint density at radius 1 is 1.19 bits per heavy atom. The van der Waals surface area contributed by atoms with E-state index in [0.29, 0.717) is 13.1 Å². The Kier molecular flexibility index (Phi) is 3.66. The Bertz CT molecular complexity index is 254. The molecule has 0 bridgehead atoms. The minimum atomic E-state index is -0.303. The Morgan fingerprint density at radius 3 is 2.56 bits per heavy atom. The molecule has 0 aliphatic carbocycles. The molecule has 5 nitrogen and oxygen atoms in total. The fraction of sp³-hybridized carbons (Fsp3) is 0.909. The van der Waals surface area contributed by atoms with E-state index in [4.69, 9.17) is 0 Å². The van der Waals surface area contributed by atoms with Crippen LogP contribution in [0.4, 0.5) is 4.79 Å². The lowest BCUT2D eigenvalue weighted by atomic mass is 10.2. The largest absolute Gasteiger partial charge is 0.389 e. The normalized spacial score (nSPS) is 24.1. The second-order valence-corrected chi connectivity index (χ2v) is 4.62. The molecule has 0 aromatic heterocycles. The van der Waals surface area contributed by atoms with Crippen molar-refractivity contribution < 1.29 is 9.90 Å². The molecule has 2 fully saturated rings. The van der Waals surface area contributed by atoms with Crippen molar-refractivity contribution in [3.63, 3.8) is 0 Å². The molecule has 0 saturated carbocycles. The average Bonchev–Trinajstić information content (AvgIpc) is 2.49. The highest BCUT2D eigenvalue weighted by Crippen LogP contribution is 2.12. The highest BCUT2D eigenvalue weighted by Gasteiger charge is 2.32. The summed E-state index contributed by atoms with van der Waals surface area (Å²) in [7, 11) is 0. The SMILES string of the molecule is CCN1CCCN(C(=O)N2CC(O)C2)CC1. The highest BCUT2D eigenvalue weighted by molar-refractivity contribution is 5.75. The number of urea groups is 1. The van der Waals surface area contributed by atoms with Crippen LogP contribution >= 0.6 is 0 Å². The zero-order chi connectivity index (χ0) is 11.5. The van der Waals surface area contributed by atoms with Crippen LogP contribution in [-0.2, 0) is 0 Å². The number of carbonyl (C=O) groups is 1. The van der Waals surface area contributed by atoms with E-state index >= 15 is 0 Å².